The van der Waals surface area contributed by atoms with Crippen LogP contribution >= 0.6 is 0 Å². The Labute approximate surface area is 114 Å². The van der Waals surface area contributed by atoms with Gasteiger partial charge in [-0.05, 0) is 18.9 Å². The van der Waals surface area contributed by atoms with Gasteiger partial charge in [0.25, 0.3) is 0 Å². The molecule has 1 heterocycles. The number of hydrogen-bond donors (Lipinski definition) is 2. The Bertz CT molecular complexity index is 477. The third-order valence-electron chi connectivity index (χ3n) is 2.46. The number of hydrogen-bond acceptors (Lipinski definition) is 5. The van der Waals surface area contributed by atoms with E-state index in [1.807, 2.05) is 6.92 Å². The lowest BCUT2D eigenvalue weighted by Gasteiger charge is -2.12. The molecule has 0 fully saturated rings. The molecule has 1 aromatic rings. The number of ether oxygens (including phenoxy) is 1. The van der Waals surface area contributed by atoms with E-state index in [4.69, 9.17) is 4.74 Å². The van der Waals surface area contributed by atoms with Crippen LogP contribution in [-0.4, -0.2) is 40.2 Å². The third-order valence-corrected chi connectivity index (χ3v) is 3.95. The number of anilines is 1. The van der Waals surface area contributed by atoms with Crippen molar-refractivity contribution in [2.75, 3.05) is 32.1 Å². The molecule has 1 rings (SSSR count). The molecule has 0 saturated carbocycles. The van der Waals surface area contributed by atoms with Crippen molar-refractivity contribution in [3.8, 4) is 0 Å². The standard InChI is InChI=1S/C12H21N3O3S/c1-3-6-14-11-5-8-13-10-12(11)19(16,17)15-7-4-9-18-2/h5,8,10,15H,3-4,6-7,9H2,1-2H3,(H,13,14). The van der Waals surface area contributed by atoms with E-state index in [0.29, 0.717) is 25.3 Å². The lowest BCUT2D eigenvalue weighted by molar-refractivity contribution is 0.196. The Morgan fingerprint density at radius 2 is 2.16 bits per heavy atom. The first-order valence-electron chi connectivity index (χ1n) is 6.28. The summed E-state index contributed by atoms with van der Waals surface area (Å²) < 4.78 is 31.7. The van der Waals surface area contributed by atoms with E-state index >= 15 is 0 Å². The van der Waals surface area contributed by atoms with Gasteiger partial charge in [0.2, 0.25) is 10.0 Å². The van der Waals surface area contributed by atoms with Crippen molar-refractivity contribution in [1.29, 1.82) is 0 Å². The van der Waals surface area contributed by atoms with Crippen molar-refractivity contribution in [3.05, 3.63) is 18.5 Å². The fraction of sp³-hybridized carbons (Fsp3) is 0.583. The fourth-order valence-corrected chi connectivity index (χ4v) is 2.70. The SMILES string of the molecule is CCCNc1ccncc1S(=O)(=O)NCCCOC. The van der Waals surface area contributed by atoms with Crippen molar-refractivity contribution in [2.45, 2.75) is 24.7 Å². The van der Waals surface area contributed by atoms with Crippen LogP contribution in [-0.2, 0) is 14.8 Å². The second kappa shape index (κ2) is 8.08. The third kappa shape index (κ3) is 5.14. The summed E-state index contributed by atoms with van der Waals surface area (Å²) in [5, 5.41) is 3.09. The molecule has 0 aliphatic rings. The van der Waals surface area contributed by atoms with Crippen molar-refractivity contribution >= 4 is 15.7 Å². The monoisotopic (exact) mass is 287 g/mol. The van der Waals surface area contributed by atoms with Crippen LogP contribution in [0.15, 0.2) is 23.4 Å². The van der Waals surface area contributed by atoms with Gasteiger partial charge < -0.3 is 10.1 Å². The van der Waals surface area contributed by atoms with Gasteiger partial charge >= 0.3 is 0 Å². The molecule has 108 valence electrons. The predicted octanol–water partition coefficient (Wildman–Crippen LogP) is 1.22. The second-order valence-corrected chi connectivity index (χ2v) is 5.78. The van der Waals surface area contributed by atoms with E-state index in [-0.39, 0.29) is 4.90 Å². The first kappa shape index (κ1) is 15.9. The summed E-state index contributed by atoms with van der Waals surface area (Å²) in [7, 11) is -1.95. The summed E-state index contributed by atoms with van der Waals surface area (Å²) in [5.74, 6) is 0. The molecule has 0 aliphatic carbocycles. The summed E-state index contributed by atoms with van der Waals surface area (Å²) >= 11 is 0. The summed E-state index contributed by atoms with van der Waals surface area (Å²) in [6.07, 6.45) is 4.48. The smallest absolute Gasteiger partial charge is 0.244 e. The Morgan fingerprint density at radius 3 is 2.84 bits per heavy atom. The van der Waals surface area contributed by atoms with Gasteiger partial charge in [0.1, 0.15) is 4.90 Å². The Morgan fingerprint density at radius 1 is 1.37 bits per heavy atom. The number of methoxy groups -OCH3 is 1. The zero-order valence-corrected chi connectivity index (χ0v) is 12.2. The largest absolute Gasteiger partial charge is 0.385 e. The van der Waals surface area contributed by atoms with Gasteiger partial charge in [-0.2, -0.15) is 0 Å². The van der Waals surface area contributed by atoms with Gasteiger partial charge in [-0.1, -0.05) is 6.92 Å². The highest BCUT2D eigenvalue weighted by Gasteiger charge is 2.17. The maximum atomic E-state index is 12.1. The highest BCUT2D eigenvalue weighted by atomic mass is 32.2. The molecule has 2 N–H and O–H groups in total. The molecule has 7 heteroatoms. The number of aromatic nitrogens is 1. The lowest BCUT2D eigenvalue weighted by Crippen LogP contribution is -2.26. The minimum Gasteiger partial charge on any atom is -0.385 e. The molecule has 0 radical (unpaired) electrons. The minimum absolute atomic E-state index is 0.181. The molecular weight excluding hydrogens is 266 g/mol. The molecule has 0 aromatic carbocycles. The van der Waals surface area contributed by atoms with Gasteiger partial charge in [-0.3, -0.25) is 4.98 Å². The molecule has 0 unspecified atom stereocenters. The van der Waals surface area contributed by atoms with E-state index in [9.17, 15) is 8.42 Å². The highest BCUT2D eigenvalue weighted by molar-refractivity contribution is 7.89. The number of sulfonamides is 1. The Hall–Kier alpha value is -1.18. The van der Waals surface area contributed by atoms with E-state index in [1.54, 1.807) is 19.4 Å². The second-order valence-electron chi connectivity index (χ2n) is 4.04. The number of rotatable bonds is 9. The summed E-state index contributed by atoms with van der Waals surface area (Å²) in [4.78, 5) is 4.06. The average molecular weight is 287 g/mol. The Balaban J connectivity index is 2.76. The van der Waals surface area contributed by atoms with Gasteiger partial charge in [-0.15, -0.1) is 0 Å². The van der Waals surface area contributed by atoms with E-state index in [2.05, 4.69) is 15.0 Å². The highest BCUT2D eigenvalue weighted by Crippen LogP contribution is 2.19. The molecule has 0 spiro atoms. The molecule has 6 nitrogen and oxygen atoms in total. The van der Waals surface area contributed by atoms with Crippen LogP contribution in [0.2, 0.25) is 0 Å². The predicted molar refractivity (Wildman–Crippen MR) is 74.7 cm³/mol. The quantitative estimate of drug-likeness (QED) is 0.667. The minimum atomic E-state index is -3.53. The zero-order chi connectivity index (χ0) is 14.1. The molecule has 0 amide bonds. The van der Waals surface area contributed by atoms with Crippen LogP contribution in [0.25, 0.3) is 0 Å². The molecular formula is C12H21N3O3S. The van der Waals surface area contributed by atoms with E-state index in [0.717, 1.165) is 13.0 Å². The lowest BCUT2D eigenvalue weighted by atomic mass is 10.4. The number of pyridine rings is 1. The van der Waals surface area contributed by atoms with Gasteiger partial charge in [0.05, 0.1) is 5.69 Å². The summed E-state index contributed by atoms with van der Waals surface area (Å²) in [5.41, 5.74) is 0.580. The first-order valence-corrected chi connectivity index (χ1v) is 7.76. The Kier molecular flexibility index (Phi) is 6.75. The maximum absolute atomic E-state index is 12.1. The molecule has 0 atom stereocenters. The summed E-state index contributed by atoms with van der Waals surface area (Å²) in [6, 6.07) is 1.67. The maximum Gasteiger partial charge on any atom is 0.244 e. The van der Waals surface area contributed by atoms with Crippen molar-refractivity contribution in [3.63, 3.8) is 0 Å². The zero-order valence-electron chi connectivity index (χ0n) is 11.3. The van der Waals surface area contributed by atoms with Crippen molar-refractivity contribution in [2.24, 2.45) is 0 Å². The number of nitrogens with one attached hydrogen (secondary N) is 2. The van der Waals surface area contributed by atoms with Gasteiger partial charge in [0, 0.05) is 39.2 Å². The van der Waals surface area contributed by atoms with Crippen LogP contribution in [0.3, 0.4) is 0 Å². The van der Waals surface area contributed by atoms with E-state index in [1.165, 1.54) is 6.20 Å². The fourth-order valence-electron chi connectivity index (χ4n) is 1.50. The van der Waals surface area contributed by atoms with Crippen LogP contribution in [0.4, 0.5) is 5.69 Å². The van der Waals surface area contributed by atoms with Crippen LogP contribution in [0.5, 0.6) is 0 Å². The molecule has 1 aromatic heterocycles. The van der Waals surface area contributed by atoms with Crippen LogP contribution < -0.4 is 10.0 Å². The van der Waals surface area contributed by atoms with Crippen LogP contribution in [0, 0.1) is 0 Å². The van der Waals surface area contributed by atoms with E-state index < -0.39 is 10.0 Å². The number of nitrogens with zero attached hydrogens (tertiary/aromatic N) is 1. The van der Waals surface area contributed by atoms with Gasteiger partial charge in [-0.25, -0.2) is 13.1 Å². The first-order chi connectivity index (χ1) is 9.11. The molecule has 0 aliphatic heterocycles. The average Bonchev–Trinajstić information content (AvgIpc) is 2.41. The van der Waals surface area contributed by atoms with Crippen molar-refractivity contribution in [1.82, 2.24) is 9.71 Å². The van der Waals surface area contributed by atoms with Crippen molar-refractivity contribution < 1.29 is 13.2 Å². The molecule has 0 saturated heterocycles. The summed E-state index contributed by atoms with van der Waals surface area (Å²) in [6.45, 7) is 3.61. The molecule has 19 heavy (non-hydrogen) atoms. The van der Waals surface area contributed by atoms with Crippen LogP contribution in [0.1, 0.15) is 19.8 Å². The molecule has 0 bridgehead atoms. The van der Waals surface area contributed by atoms with Gasteiger partial charge in [0.15, 0.2) is 0 Å². The topological polar surface area (TPSA) is 80.3 Å². The normalized spacial score (nSPS) is 11.5.